The highest BCUT2D eigenvalue weighted by atomic mass is 16.2. The number of benzene rings is 1. The van der Waals surface area contributed by atoms with Gasteiger partial charge in [-0.2, -0.15) is 0 Å². The molecule has 2 rings (SSSR count). The van der Waals surface area contributed by atoms with E-state index in [0.29, 0.717) is 6.54 Å². The molecule has 0 saturated carbocycles. The number of H-pyrrole nitrogens is 1. The first kappa shape index (κ1) is 15.6. The molecule has 0 aliphatic heterocycles. The average Bonchev–Trinajstić information content (AvgIpc) is 2.81. The monoisotopic (exact) mass is 287 g/mol. The molecule has 0 aliphatic carbocycles. The standard InChI is InChI=1S/C17H25N3O/c1-16(2,17(3,4)18)15(21)19-10-9-12-11-20-14-8-6-5-7-13(12)14/h5-8,11,20H,9-10,18H2,1-4H3,(H,19,21). The van der Waals surface area contributed by atoms with Crippen LogP contribution in [-0.2, 0) is 11.2 Å². The van der Waals surface area contributed by atoms with Crippen molar-refractivity contribution in [1.29, 1.82) is 0 Å². The summed E-state index contributed by atoms with van der Waals surface area (Å²) in [7, 11) is 0. The summed E-state index contributed by atoms with van der Waals surface area (Å²) in [6, 6.07) is 8.18. The third kappa shape index (κ3) is 3.10. The highest BCUT2D eigenvalue weighted by Crippen LogP contribution is 2.28. The molecule has 0 spiro atoms. The number of carbonyl (C=O) groups is 1. The van der Waals surface area contributed by atoms with Crippen molar-refractivity contribution in [2.75, 3.05) is 6.54 Å². The molecule has 1 aromatic heterocycles. The van der Waals surface area contributed by atoms with Crippen molar-refractivity contribution in [3.8, 4) is 0 Å². The molecular formula is C17H25N3O. The summed E-state index contributed by atoms with van der Waals surface area (Å²) in [6.45, 7) is 8.14. The number of aromatic nitrogens is 1. The lowest BCUT2D eigenvalue weighted by Crippen LogP contribution is -2.55. The second kappa shape index (κ2) is 5.53. The summed E-state index contributed by atoms with van der Waals surface area (Å²) in [6.07, 6.45) is 2.81. The van der Waals surface area contributed by atoms with Gasteiger partial charge in [-0.1, -0.05) is 18.2 Å². The summed E-state index contributed by atoms with van der Waals surface area (Å²) < 4.78 is 0. The summed E-state index contributed by atoms with van der Waals surface area (Å²) >= 11 is 0. The van der Waals surface area contributed by atoms with Gasteiger partial charge in [0.1, 0.15) is 0 Å². The third-order valence-electron chi connectivity index (χ3n) is 4.53. The Balaban J connectivity index is 1.97. The Bertz CT molecular complexity index is 635. The molecule has 21 heavy (non-hydrogen) atoms. The minimum atomic E-state index is -0.604. The summed E-state index contributed by atoms with van der Waals surface area (Å²) in [4.78, 5) is 15.6. The van der Waals surface area contributed by atoms with Crippen LogP contribution in [0.2, 0.25) is 0 Å². The molecule has 1 heterocycles. The van der Waals surface area contributed by atoms with Gasteiger partial charge < -0.3 is 16.0 Å². The maximum absolute atomic E-state index is 12.3. The van der Waals surface area contributed by atoms with Crippen molar-refractivity contribution < 1.29 is 4.79 Å². The van der Waals surface area contributed by atoms with Crippen LogP contribution in [0.15, 0.2) is 30.5 Å². The Morgan fingerprint density at radius 2 is 1.90 bits per heavy atom. The molecule has 1 aromatic carbocycles. The van der Waals surface area contributed by atoms with Crippen LogP contribution in [0, 0.1) is 5.41 Å². The maximum Gasteiger partial charge on any atom is 0.227 e. The molecule has 0 saturated heterocycles. The van der Waals surface area contributed by atoms with Gasteiger partial charge in [-0.25, -0.2) is 0 Å². The van der Waals surface area contributed by atoms with E-state index in [1.54, 1.807) is 0 Å². The van der Waals surface area contributed by atoms with Crippen molar-refractivity contribution in [1.82, 2.24) is 10.3 Å². The van der Waals surface area contributed by atoms with Crippen molar-refractivity contribution in [3.63, 3.8) is 0 Å². The number of carbonyl (C=O) groups excluding carboxylic acids is 1. The van der Waals surface area contributed by atoms with Crippen LogP contribution in [0.1, 0.15) is 33.3 Å². The predicted octanol–water partition coefficient (Wildman–Crippen LogP) is 2.59. The fraction of sp³-hybridized carbons (Fsp3) is 0.471. The first-order valence-electron chi connectivity index (χ1n) is 7.35. The number of hydrogen-bond donors (Lipinski definition) is 3. The van der Waals surface area contributed by atoms with Gasteiger partial charge in [0.25, 0.3) is 0 Å². The number of para-hydroxylation sites is 1. The van der Waals surface area contributed by atoms with E-state index in [1.807, 2.05) is 46.0 Å². The van der Waals surface area contributed by atoms with Crippen LogP contribution >= 0.6 is 0 Å². The lowest BCUT2D eigenvalue weighted by Gasteiger charge is -2.36. The Kier molecular flexibility index (Phi) is 4.10. The van der Waals surface area contributed by atoms with Gasteiger partial charge in [-0.3, -0.25) is 4.79 Å². The summed E-state index contributed by atoms with van der Waals surface area (Å²) in [5, 5.41) is 4.21. The van der Waals surface area contributed by atoms with Crippen LogP contribution in [0.5, 0.6) is 0 Å². The Labute approximate surface area is 126 Å². The molecule has 0 bridgehead atoms. The topological polar surface area (TPSA) is 70.9 Å². The van der Waals surface area contributed by atoms with Crippen molar-refractivity contribution >= 4 is 16.8 Å². The Morgan fingerprint density at radius 1 is 1.24 bits per heavy atom. The van der Waals surface area contributed by atoms with E-state index in [4.69, 9.17) is 5.73 Å². The van der Waals surface area contributed by atoms with Gasteiger partial charge in [-0.05, 0) is 45.7 Å². The molecule has 4 heteroatoms. The number of amides is 1. The lowest BCUT2D eigenvalue weighted by atomic mass is 9.74. The molecule has 0 fully saturated rings. The molecule has 0 aliphatic rings. The number of fused-ring (bicyclic) bond motifs is 1. The van der Waals surface area contributed by atoms with Gasteiger partial charge in [0, 0.05) is 29.2 Å². The first-order chi connectivity index (χ1) is 9.73. The smallest absolute Gasteiger partial charge is 0.227 e. The molecule has 114 valence electrons. The molecule has 1 amide bonds. The highest BCUT2D eigenvalue weighted by molar-refractivity contribution is 5.84. The average molecular weight is 287 g/mol. The van der Waals surface area contributed by atoms with E-state index in [9.17, 15) is 4.79 Å². The largest absolute Gasteiger partial charge is 0.361 e. The zero-order valence-electron chi connectivity index (χ0n) is 13.3. The van der Waals surface area contributed by atoms with Crippen molar-refractivity contribution in [3.05, 3.63) is 36.0 Å². The number of nitrogens with one attached hydrogen (secondary N) is 2. The van der Waals surface area contributed by atoms with E-state index in [1.165, 1.54) is 10.9 Å². The highest BCUT2D eigenvalue weighted by Gasteiger charge is 2.40. The molecule has 2 aromatic rings. The van der Waals surface area contributed by atoms with Gasteiger partial charge in [0.05, 0.1) is 5.41 Å². The second-order valence-corrected chi connectivity index (χ2v) is 6.71. The predicted molar refractivity (Wildman–Crippen MR) is 87.1 cm³/mol. The van der Waals surface area contributed by atoms with Gasteiger partial charge in [0.15, 0.2) is 0 Å². The molecule has 0 atom stereocenters. The minimum absolute atomic E-state index is 0.00478. The van der Waals surface area contributed by atoms with Crippen LogP contribution in [0.4, 0.5) is 0 Å². The molecule has 4 nitrogen and oxygen atoms in total. The number of aromatic amines is 1. The van der Waals surface area contributed by atoms with Gasteiger partial charge >= 0.3 is 0 Å². The lowest BCUT2D eigenvalue weighted by molar-refractivity contribution is -0.132. The van der Waals surface area contributed by atoms with Gasteiger partial charge in [-0.15, -0.1) is 0 Å². The Morgan fingerprint density at radius 3 is 2.57 bits per heavy atom. The fourth-order valence-corrected chi connectivity index (χ4v) is 2.16. The Hall–Kier alpha value is -1.81. The molecule has 4 N–H and O–H groups in total. The zero-order chi connectivity index (χ0) is 15.7. The third-order valence-corrected chi connectivity index (χ3v) is 4.53. The van der Waals surface area contributed by atoms with E-state index < -0.39 is 11.0 Å². The van der Waals surface area contributed by atoms with E-state index >= 15 is 0 Å². The molecular weight excluding hydrogens is 262 g/mol. The van der Waals surface area contributed by atoms with Crippen LogP contribution in [0.3, 0.4) is 0 Å². The number of nitrogens with two attached hydrogens (primary N) is 1. The second-order valence-electron chi connectivity index (χ2n) is 6.71. The maximum atomic E-state index is 12.3. The summed E-state index contributed by atoms with van der Waals surface area (Å²) in [5.41, 5.74) is 7.27. The van der Waals surface area contributed by atoms with Gasteiger partial charge in [0.2, 0.25) is 5.91 Å². The number of hydrogen-bond acceptors (Lipinski definition) is 2. The van der Waals surface area contributed by atoms with Crippen LogP contribution in [0.25, 0.3) is 10.9 Å². The normalized spacial score (nSPS) is 12.6. The SMILES string of the molecule is CC(C)(N)C(C)(C)C(=O)NCCc1c[nH]c2ccccc12. The zero-order valence-corrected chi connectivity index (χ0v) is 13.3. The quantitative estimate of drug-likeness (QED) is 0.791. The fourth-order valence-electron chi connectivity index (χ4n) is 2.16. The van der Waals surface area contributed by atoms with Crippen molar-refractivity contribution in [2.45, 2.75) is 39.7 Å². The van der Waals surface area contributed by atoms with E-state index in [0.717, 1.165) is 11.9 Å². The first-order valence-corrected chi connectivity index (χ1v) is 7.35. The minimum Gasteiger partial charge on any atom is -0.361 e. The summed E-state index contributed by atoms with van der Waals surface area (Å²) in [5.74, 6) is -0.00478. The van der Waals surface area contributed by atoms with Crippen molar-refractivity contribution in [2.24, 2.45) is 11.1 Å². The van der Waals surface area contributed by atoms with E-state index in [-0.39, 0.29) is 5.91 Å². The molecule has 0 unspecified atom stereocenters. The molecule has 0 radical (unpaired) electrons. The van der Waals surface area contributed by atoms with Crippen LogP contribution in [-0.4, -0.2) is 23.0 Å². The van der Waals surface area contributed by atoms with Crippen LogP contribution < -0.4 is 11.1 Å². The number of rotatable bonds is 5. The van der Waals surface area contributed by atoms with E-state index in [2.05, 4.69) is 22.4 Å².